The predicted octanol–water partition coefficient (Wildman–Crippen LogP) is -2.70. The molecule has 0 fully saturated rings. The topological polar surface area (TPSA) is 176 Å². The number of carbonyl (C=O) groups excluding carboxylic acids is 2. The Kier molecular flexibility index (Phi) is 3.67. The Labute approximate surface area is 104 Å². The van der Waals surface area contributed by atoms with Crippen LogP contribution >= 0.6 is 0 Å². The summed E-state index contributed by atoms with van der Waals surface area (Å²) in [5.74, 6) is -1.71. The first kappa shape index (κ1) is 12.5. The number of anilines is 2. The molecule has 0 saturated heterocycles. The van der Waals surface area contributed by atoms with Crippen LogP contribution in [0.25, 0.3) is 0 Å². The van der Waals surface area contributed by atoms with Gasteiger partial charge in [0, 0.05) is 7.11 Å². The fourth-order valence-corrected chi connectivity index (χ4v) is 1.11. The second-order valence-electron chi connectivity index (χ2n) is 3.07. The molecule has 0 aliphatic rings. The maximum atomic E-state index is 11.7. The van der Waals surface area contributed by atoms with Gasteiger partial charge in [-0.2, -0.15) is 10.4 Å². The lowest BCUT2D eigenvalue weighted by Crippen LogP contribution is -2.40. The molecule has 0 bridgehead atoms. The molecule has 19 heavy (non-hydrogen) atoms. The zero-order chi connectivity index (χ0) is 13.7. The highest BCUT2D eigenvalue weighted by atomic mass is 16.5. The van der Waals surface area contributed by atoms with Crippen molar-refractivity contribution < 1.29 is 14.3 Å². The Balaban J connectivity index is 1.98. The van der Waals surface area contributed by atoms with E-state index in [2.05, 4.69) is 51.9 Å². The lowest BCUT2D eigenvalue weighted by Gasteiger charge is -2.11. The minimum atomic E-state index is -1.43. The van der Waals surface area contributed by atoms with Gasteiger partial charge in [0.2, 0.25) is 6.10 Å². The van der Waals surface area contributed by atoms with Crippen LogP contribution in [0.4, 0.5) is 11.9 Å². The van der Waals surface area contributed by atoms with Gasteiger partial charge in [0.1, 0.15) is 0 Å². The van der Waals surface area contributed by atoms with Crippen molar-refractivity contribution in [3.63, 3.8) is 0 Å². The average Bonchev–Trinajstić information content (AvgIpc) is 3.03. The fourth-order valence-electron chi connectivity index (χ4n) is 1.11. The van der Waals surface area contributed by atoms with E-state index in [0.29, 0.717) is 0 Å². The molecule has 0 aliphatic heterocycles. The van der Waals surface area contributed by atoms with Crippen LogP contribution in [0.5, 0.6) is 0 Å². The van der Waals surface area contributed by atoms with Gasteiger partial charge in [0.05, 0.1) is 0 Å². The second kappa shape index (κ2) is 5.58. The van der Waals surface area contributed by atoms with Gasteiger partial charge in [0.25, 0.3) is 23.7 Å². The van der Waals surface area contributed by atoms with Crippen molar-refractivity contribution >= 4 is 23.7 Å². The van der Waals surface area contributed by atoms with Crippen molar-refractivity contribution in [1.29, 1.82) is 0 Å². The van der Waals surface area contributed by atoms with Crippen molar-refractivity contribution in [2.45, 2.75) is 6.10 Å². The molecule has 0 aliphatic carbocycles. The highest BCUT2D eigenvalue weighted by Crippen LogP contribution is 2.01. The molecule has 4 N–H and O–H groups in total. The first-order valence-electron chi connectivity index (χ1n) is 4.82. The van der Waals surface area contributed by atoms with Crippen molar-refractivity contribution in [3.05, 3.63) is 0 Å². The monoisotopic (exact) mass is 268 g/mol. The van der Waals surface area contributed by atoms with Gasteiger partial charge in [-0.3, -0.25) is 20.2 Å². The van der Waals surface area contributed by atoms with Crippen LogP contribution in [0.1, 0.15) is 0 Å². The molecule has 0 spiro atoms. The van der Waals surface area contributed by atoms with Gasteiger partial charge < -0.3 is 4.74 Å². The molecule has 2 aromatic rings. The van der Waals surface area contributed by atoms with Gasteiger partial charge in [0.15, 0.2) is 0 Å². The summed E-state index contributed by atoms with van der Waals surface area (Å²) in [6, 6.07) is 0. The van der Waals surface area contributed by atoms with Gasteiger partial charge in [-0.15, -0.1) is 10.2 Å². The van der Waals surface area contributed by atoms with E-state index in [9.17, 15) is 9.59 Å². The standard InChI is InChI=1S/C6H8N10O3/c1-19-2(3(17)7-5-9-13-14-10-5)4(18)8-6-11-15-16-12-6/h2H,1H3,(H2,7,9,10,13,14,17)(H2,8,11,12,15,16,18). The summed E-state index contributed by atoms with van der Waals surface area (Å²) in [6.45, 7) is 0. The normalized spacial score (nSPS) is 10.4. The van der Waals surface area contributed by atoms with E-state index < -0.39 is 17.9 Å². The van der Waals surface area contributed by atoms with E-state index >= 15 is 0 Å². The van der Waals surface area contributed by atoms with E-state index in [0.717, 1.165) is 0 Å². The SMILES string of the molecule is COC(C(=O)Nc1nn[nH]n1)C(=O)Nc1nn[nH]n1. The number of aromatic amines is 2. The Morgan fingerprint density at radius 2 is 1.53 bits per heavy atom. The highest BCUT2D eigenvalue weighted by molar-refractivity contribution is 6.12. The number of tetrazole rings is 2. The summed E-state index contributed by atoms with van der Waals surface area (Å²) >= 11 is 0. The van der Waals surface area contributed by atoms with E-state index in [-0.39, 0.29) is 11.9 Å². The van der Waals surface area contributed by atoms with Gasteiger partial charge >= 0.3 is 0 Å². The Bertz CT molecular complexity index is 487. The number of aromatic nitrogens is 8. The van der Waals surface area contributed by atoms with Crippen molar-refractivity contribution in [2.24, 2.45) is 0 Å². The third-order valence-corrected chi connectivity index (χ3v) is 1.87. The van der Waals surface area contributed by atoms with Crippen LogP contribution < -0.4 is 10.6 Å². The summed E-state index contributed by atoms with van der Waals surface area (Å²) < 4.78 is 4.78. The predicted molar refractivity (Wildman–Crippen MR) is 56.4 cm³/mol. The van der Waals surface area contributed by atoms with Crippen LogP contribution in [-0.2, 0) is 14.3 Å². The zero-order valence-corrected chi connectivity index (χ0v) is 9.49. The third kappa shape index (κ3) is 3.03. The number of amides is 2. The van der Waals surface area contributed by atoms with Crippen molar-refractivity contribution in [1.82, 2.24) is 41.2 Å². The average molecular weight is 268 g/mol. The van der Waals surface area contributed by atoms with Crippen LogP contribution in [0, 0.1) is 0 Å². The number of nitrogens with one attached hydrogen (secondary N) is 4. The minimum absolute atomic E-state index is 0.0839. The Morgan fingerprint density at radius 3 is 1.84 bits per heavy atom. The molecule has 0 atom stereocenters. The van der Waals surface area contributed by atoms with Gasteiger partial charge in [-0.25, -0.2) is 0 Å². The molecule has 2 amide bonds. The Morgan fingerprint density at radius 1 is 1.05 bits per heavy atom. The van der Waals surface area contributed by atoms with E-state index in [1.165, 1.54) is 7.11 Å². The molecule has 13 nitrogen and oxygen atoms in total. The molecular formula is C6H8N10O3. The molecule has 2 rings (SSSR count). The van der Waals surface area contributed by atoms with E-state index in [4.69, 9.17) is 4.74 Å². The van der Waals surface area contributed by atoms with Crippen LogP contribution in [0.2, 0.25) is 0 Å². The Hall–Kier alpha value is -2.96. The fraction of sp³-hybridized carbons (Fsp3) is 0.333. The third-order valence-electron chi connectivity index (χ3n) is 1.87. The second-order valence-corrected chi connectivity index (χ2v) is 3.07. The summed E-state index contributed by atoms with van der Waals surface area (Å²) in [4.78, 5) is 23.5. The number of nitrogens with zero attached hydrogens (tertiary/aromatic N) is 6. The number of rotatable bonds is 5. The smallest absolute Gasteiger partial charge is 0.269 e. The van der Waals surface area contributed by atoms with E-state index in [1.54, 1.807) is 0 Å². The number of carbonyl (C=O) groups is 2. The molecular weight excluding hydrogens is 260 g/mol. The number of ether oxygens (including phenoxy) is 1. The number of hydrogen-bond donors (Lipinski definition) is 4. The molecule has 13 heteroatoms. The summed E-state index contributed by atoms with van der Waals surface area (Å²) in [5.41, 5.74) is 0. The molecule has 100 valence electrons. The highest BCUT2D eigenvalue weighted by Gasteiger charge is 2.28. The van der Waals surface area contributed by atoms with Crippen molar-refractivity contribution in [2.75, 3.05) is 17.7 Å². The molecule has 0 saturated carbocycles. The molecule has 0 unspecified atom stereocenters. The molecule has 0 radical (unpaired) electrons. The van der Waals surface area contributed by atoms with E-state index in [1.807, 2.05) is 0 Å². The maximum Gasteiger partial charge on any atom is 0.269 e. The summed E-state index contributed by atoms with van der Waals surface area (Å²) in [5, 5.41) is 29.2. The molecule has 2 heterocycles. The minimum Gasteiger partial charge on any atom is -0.362 e. The van der Waals surface area contributed by atoms with Crippen LogP contribution in [0.3, 0.4) is 0 Å². The zero-order valence-electron chi connectivity index (χ0n) is 9.49. The van der Waals surface area contributed by atoms with Crippen LogP contribution in [0.15, 0.2) is 0 Å². The van der Waals surface area contributed by atoms with Gasteiger partial charge in [-0.1, -0.05) is 10.2 Å². The largest absolute Gasteiger partial charge is 0.362 e. The first-order valence-corrected chi connectivity index (χ1v) is 4.82. The molecule has 0 aromatic carbocycles. The lowest BCUT2D eigenvalue weighted by molar-refractivity contribution is -0.137. The van der Waals surface area contributed by atoms with Crippen molar-refractivity contribution in [3.8, 4) is 0 Å². The molecule has 2 aromatic heterocycles. The number of hydrogen-bond acceptors (Lipinski definition) is 9. The lowest BCUT2D eigenvalue weighted by atomic mass is 10.3. The first-order chi connectivity index (χ1) is 9.20. The summed E-state index contributed by atoms with van der Waals surface area (Å²) in [6.07, 6.45) is -1.43. The van der Waals surface area contributed by atoms with Crippen LogP contribution in [-0.4, -0.2) is 66.3 Å². The maximum absolute atomic E-state index is 11.7. The quantitative estimate of drug-likeness (QED) is 0.420. The summed E-state index contributed by atoms with van der Waals surface area (Å²) in [7, 11) is 1.19. The van der Waals surface area contributed by atoms with Gasteiger partial charge in [-0.05, 0) is 10.4 Å². The number of methoxy groups -OCH3 is 1. The number of H-pyrrole nitrogens is 2.